The van der Waals surface area contributed by atoms with Gasteiger partial charge in [0.1, 0.15) is 10.1 Å². The molecule has 1 aromatic rings. The van der Waals surface area contributed by atoms with Gasteiger partial charge in [0.2, 0.25) is 0 Å². The predicted molar refractivity (Wildman–Crippen MR) is 47.3 cm³/mol. The van der Waals surface area contributed by atoms with Crippen molar-refractivity contribution >= 4 is 46.5 Å². The first kappa shape index (κ1) is 6.98. The van der Waals surface area contributed by atoms with Crippen LogP contribution in [0.5, 0.6) is 0 Å². The number of nitrogens with one attached hydrogen (secondary N) is 1. The number of anilines is 1. The minimum atomic E-state index is 0.445. The highest BCUT2D eigenvalue weighted by Crippen LogP contribution is 2.05. The first-order valence-electron chi connectivity index (χ1n) is 2.19. The summed E-state index contributed by atoms with van der Waals surface area (Å²) in [5.41, 5.74) is 0. The van der Waals surface area contributed by atoms with Gasteiger partial charge in [0.15, 0.2) is 0 Å². The SMILES string of the molecule is S=C(S)Nc1ccsn1. The minimum absolute atomic E-state index is 0.445. The summed E-state index contributed by atoms with van der Waals surface area (Å²) in [4.78, 5) is 0. The summed E-state index contributed by atoms with van der Waals surface area (Å²) in [6, 6.07) is 1.84. The summed E-state index contributed by atoms with van der Waals surface area (Å²) in [5.74, 6) is 0.764. The lowest BCUT2D eigenvalue weighted by Gasteiger charge is -1.93. The fraction of sp³-hybridized carbons (Fsp3) is 0. The van der Waals surface area contributed by atoms with Crippen molar-refractivity contribution in [2.24, 2.45) is 0 Å². The maximum absolute atomic E-state index is 4.66. The van der Waals surface area contributed by atoms with E-state index in [9.17, 15) is 0 Å². The highest BCUT2D eigenvalue weighted by molar-refractivity contribution is 8.11. The Morgan fingerprint density at radius 2 is 2.67 bits per heavy atom. The fourth-order valence-corrected chi connectivity index (χ4v) is 1.08. The Kier molecular flexibility index (Phi) is 2.44. The standard InChI is InChI=1S/C4H4N2S3/c7-4(8)5-3-1-2-9-6-3/h1-2H,(H2,5,6,7,8). The van der Waals surface area contributed by atoms with Crippen molar-refractivity contribution in [3.05, 3.63) is 11.4 Å². The third-order valence-electron chi connectivity index (χ3n) is 0.673. The van der Waals surface area contributed by atoms with Gasteiger partial charge in [0.25, 0.3) is 0 Å². The molecule has 0 saturated carbocycles. The molecule has 1 aromatic heterocycles. The Hall–Kier alpha value is -0.130. The molecule has 1 heterocycles. The Bertz CT molecular complexity index is 194. The molecule has 0 aromatic carbocycles. The molecule has 1 rings (SSSR count). The smallest absolute Gasteiger partial charge is 0.145 e. The molecule has 0 aliphatic carbocycles. The van der Waals surface area contributed by atoms with E-state index in [1.807, 2.05) is 11.4 Å². The molecular weight excluding hydrogens is 172 g/mol. The highest BCUT2D eigenvalue weighted by Gasteiger charge is 1.91. The second kappa shape index (κ2) is 3.14. The van der Waals surface area contributed by atoms with E-state index in [2.05, 4.69) is 34.5 Å². The minimum Gasteiger partial charge on any atom is -0.325 e. The lowest BCUT2D eigenvalue weighted by Crippen LogP contribution is -1.99. The van der Waals surface area contributed by atoms with Gasteiger partial charge in [-0.1, -0.05) is 12.2 Å². The molecule has 0 fully saturated rings. The molecule has 1 N–H and O–H groups in total. The predicted octanol–water partition coefficient (Wildman–Crippen LogP) is 1.77. The van der Waals surface area contributed by atoms with Crippen molar-refractivity contribution in [3.63, 3.8) is 0 Å². The zero-order valence-corrected chi connectivity index (χ0v) is 6.89. The molecule has 0 radical (unpaired) electrons. The van der Waals surface area contributed by atoms with Crippen LogP contribution in [0.2, 0.25) is 0 Å². The van der Waals surface area contributed by atoms with Crippen LogP contribution in [-0.4, -0.2) is 8.69 Å². The first-order valence-corrected chi connectivity index (χ1v) is 3.88. The molecule has 0 unspecified atom stereocenters. The molecule has 0 aliphatic rings. The number of rotatable bonds is 1. The summed E-state index contributed by atoms with van der Waals surface area (Å²) in [7, 11) is 0. The van der Waals surface area contributed by atoms with Crippen molar-refractivity contribution in [3.8, 4) is 0 Å². The van der Waals surface area contributed by atoms with Gasteiger partial charge in [-0.3, -0.25) is 0 Å². The lowest BCUT2D eigenvalue weighted by molar-refractivity contribution is 1.54. The van der Waals surface area contributed by atoms with Crippen LogP contribution in [0.1, 0.15) is 0 Å². The molecule has 0 bridgehead atoms. The van der Waals surface area contributed by atoms with Crippen molar-refractivity contribution < 1.29 is 0 Å². The zero-order chi connectivity index (χ0) is 6.69. The lowest BCUT2D eigenvalue weighted by atomic mass is 10.7. The van der Waals surface area contributed by atoms with E-state index in [1.165, 1.54) is 11.5 Å². The zero-order valence-electron chi connectivity index (χ0n) is 4.37. The summed E-state index contributed by atoms with van der Waals surface area (Å²) >= 11 is 9.91. The molecule has 0 amide bonds. The first-order chi connectivity index (χ1) is 4.29. The van der Waals surface area contributed by atoms with E-state index in [1.54, 1.807) is 0 Å². The van der Waals surface area contributed by atoms with Gasteiger partial charge < -0.3 is 5.32 Å². The van der Waals surface area contributed by atoms with E-state index in [-0.39, 0.29) is 0 Å². The van der Waals surface area contributed by atoms with Gasteiger partial charge >= 0.3 is 0 Å². The van der Waals surface area contributed by atoms with Gasteiger partial charge in [-0.25, -0.2) is 0 Å². The van der Waals surface area contributed by atoms with E-state index in [0.29, 0.717) is 4.32 Å². The molecule has 48 valence electrons. The van der Waals surface area contributed by atoms with Crippen LogP contribution in [0, 0.1) is 0 Å². The Balaban J connectivity index is 2.58. The van der Waals surface area contributed by atoms with Crippen LogP contribution in [0.25, 0.3) is 0 Å². The topological polar surface area (TPSA) is 24.9 Å². The molecule has 9 heavy (non-hydrogen) atoms. The molecule has 0 saturated heterocycles. The second-order valence-corrected chi connectivity index (χ2v) is 3.14. The summed E-state index contributed by atoms with van der Waals surface area (Å²) in [6.45, 7) is 0. The molecular formula is C4H4N2S3. The van der Waals surface area contributed by atoms with Gasteiger partial charge in [-0.2, -0.15) is 4.37 Å². The normalized spacial score (nSPS) is 9.00. The maximum atomic E-state index is 4.66. The largest absolute Gasteiger partial charge is 0.325 e. The number of thiol groups is 1. The average molecular weight is 176 g/mol. The van der Waals surface area contributed by atoms with Crippen molar-refractivity contribution in [1.29, 1.82) is 0 Å². The van der Waals surface area contributed by atoms with Crippen LogP contribution in [-0.2, 0) is 0 Å². The Labute approximate surface area is 67.9 Å². The van der Waals surface area contributed by atoms with Crippen LogP contribution in [0.15, 0.2) is 11.4 Å². The maximum Gasteiger partial charge on any atom is 0.145 e. The van der Waals surface area contributed by atoms with Crippen LogP contribution >= 0.6 is 36.4 Å². The van der Waals surface area contributed by atoms with E-state index in [0.717, 1.165) is 5.82 Å². The highest BCUT2D eigenvalue weighted by atomic mass is 32.1. The number of hydrogen-bond acceptors (Lipinski definition) is 3. The quantitative estimate of drug-likeness (QED) is 0.504. The van der Waals surface area contributed by atoms with Crippen molar-refractivity contribution in [1.82, 2.24) is 4.37 Å². The van der Waals surface area contributed by atoms with E-state index >= 15 is 0 Å². The monoisotopic (exact) mass is 176 g/mol. The number of thiocarbonyl (C=S) groups is 1. The van der Waals surface area contributed by atoms with Crippen LogP contribution < -0.4 is 5.32 Å². The molecule has 5 heteroatoms. The summed E-state index contributed by atoms with van der Waals surface area (Å²) in [5, 5.41) is 4.65. The third kappa shape index (κ3) is 2.30. The van der Waals surface area contributed by atoms with Gasteiger partial charge in [-0.05, 0) is 17.6 Å². The number of hydrogen-bond donors (Lipinski definition) is 2. The van der Waals surface area contributed by atoms with E-state index < -0.39 is 0 Å². The summed E-state index contributed by atoms with van der Waals surface area (Å²) in [6.07, 6.45) is 0. The molecule has 0 atom stereocenters. The van der Waals surface area contributed by atoms with Crippen molar-refractivity contribution in [2.45, 2.75) is 0 Å². The number of aromatic nitrogens is 1. The van der Waals surface area contributed by atoms with Crippen LogP contribution in [0.3, 0.4) is 0 Å². The fourth-order valence-electron chi connectivity index (χ4n) is 0.387. The number of nitrogens with zero attached hydrogens (tertiary/aromatic N) is 1. The molecule has 0 aliphatic heterocycles. The Morgan fingerprint density at radius 1 is 1.89 bits per heavy atom. The van der Waals surface area contributed by atoms with Gasteiger partial charge in [0.05, 0.1) is 0 Å². The van der Waals surface area contributed by atoms with Gasteiger partial charge in [0, 0.05) is 5.38 Å². The van der Waals surface area contributed by atoms with Gasteiger partial charge in [-0.15, -0.1) is 12.6 Å². The third-order valence-corrected chi connectivity index (χ3v) is 1.45. The molecule has 0 spiro atoms. The second-order valence-electron chi connectivity index (χ2n) is 1.31. The Morgan fingerprint density at radius 3 is 3.11 bits per heavy atom. The molecule has 2 nitrogen and oxygen atoms in total. The summed E-state index contributed by atoms with van der Waals surface area (Å²) < 4.78 is 4.40. The van der Waals surface area contributed by atoms with E-state index in [4.69, 9.17) is 0 Å². The van der Waals surface area contributed by atoms with Crippen LogP contribution in [0.4, 0.5) is 5.82 Å². The van der Waals surface area contributed by atoms with Crippen molar-refractivity contribution in [2.75, 3.05) is 5.32 Å². The average Bonchev–Trinajstić information content (AvgIpc) is 2.15.